The fraction of sp³-hybridized carbons (Fsp3) is 0.0909. The summed E-state index contributed by atoms with van der Waals surface area (Å²) < 4.78 is 38.7. The van der Waals surface area contributed by atoms with Crippen LogP contribution in [0.2, 0.25) is 0 Å². The quantitative estimate of drug-likeness (QED) is 0.583. The zero-order valence-electron chi connectivity index (χ0n) is 16.3. The molecule has 3 aromatic rings. The number of anilines is 2. The maximum Gasteiger partial charge on any atom is 0.256 e. The second-order valence-electron chi connectivity index (χ2n) is 6.76. The van der Waals surface area contributed by atoms with Crippen LogP contribution in [0.5, 0.6) is 0 Å². The highest BCUT2D eigenvalue weighted by Crippen LogP contribution is 2.22. The summed E-state index contributed by atoms with van der Waals surface area (Å²) in [5.74, 6) is -1.67. The van der Waals surface area contributed by atoms with Crippen LogP contribution in [0.3, 0.4) is 0 Å². The van der Waals surface area contributed by atoms with Gasteiger partial charge in [-0.3, -0.25) is 14.3 Å². The summed E-state index contributed by atoms with van der Waals surface area (Å²) in [6.45, 7) is 1.91. The molecular weight excluding hydrogens is 407 g/mol. The number of aryl methyl sites for hydroxylation is 1. The molecule has 0 fully saturated rings. The number of rotatable bonds is 6. The molecule has 0 heterocycles. The molecule has 0 unspecified atom stereocenters. The Morgan fingerprint density at radius 1 is 0.900 bits per heavy atom. The number of amides is 1. The molecule has 0 atom stereocenters. The van der Waals surface area contributed by atoms with E-state index in [1.54, 1.807) is 30.3 Å². The molecule has 0 aliphatic rings. The molecule has 1 amide bonds. The van der Waals surface area contributed by atoms with Crippen molar-refractivity contribution in [3.05, 3.63) is 94.8 Å². The number of carbonyl (C=O) groups excluding carboxylic acids is 2. The topological polar surface area (TPSA) is 92.3 Å². The smallest absolute Gasteiger partial charge is 0.256 e. The largest absolute Gasteiger partial charge is 0.322 e. The van der Waals surface area contributed by atoms with Gasteiger partial charge in [0.2, 0.25) is 10.0 Å². The summed E-state index contributed by atoms with van der Waals surface area (Å²) in [6, 6.07) is 16.8. The van der Waals surface area contributed by atoms with Gasteiger partial charge in [-0.1, -0.05) is 48.0 Å². The van der Waals surface area contributed by atoms with E-state index in [9.17, 15) is 22.4 Å². The van der Waals surface area contributed by atoms with Crippen molar-refractivity contribution >= 4 is 33.1 Å². The van der Waals surface area contributed by atoms with Crippen molar-refractivity contribution in [1.29, 1.82) is 0 Å². The Kier molecular flexibility index (Phi) is 5.98. The first-order valence-corrected chi connectivity index (χ1v) is 10.8. The van der Waals surface area contributed by atoms with Crippen molar-refractivity contribution in [2.75, 3.05) is 16.3 Å². The van der Waals surface area contributed by atoms with Gasteiger partial charge in [-0.05, 0) is 31.2 Å². The standard InChI is InChI=1S/C22H19FN2O4S/c1-14-7-9-15(10-8-14)21(26)17-5-3-4-6-18(17)22(27)24-16-11-12-19(23)20(13-16)25-30(2,28)29/h3-13,25H,1-2H3,(H,24,27). The summed E-state index contributed by atoms with van der Waals surface area (Å²) in [5, 5.41) is 2.57. The van der Waals surface area contributed by atoms with Gasteiger partial charge < -0.3 is 5.32 Å². The Morgan fingerprint density at radius 3 is 2.17 bits per heavy atom. The second kappa shape index (κ2) is 8.46. The number of sulfonamides is 1. The predicted molar refractivity (Wildman–Crippen MR) is 114 cm³/mol. The van der Waals surface area contributed by atoms with E-state index in [0.29, 0.717) is 5.56 Å². The van der Waals surface area contributed by atoms with Crippen LogP contribution in [-0.2, 0) is 10.0 Å². The van der Waals surface area contributed by atoms with Gasteiger partial charge in [0.1, 0.15) is 5.82 Å². The summed E-state index contributed by atoms with van der Waals surface area (Å²) in [4.78, 5) is 25.7. The Hall–Kier alpha value is -3.52. The monoisotopic (exact) mass is 426 g/mol. The Balaban J connectivity index is 1.89. The number of halogens is 1. The molecule has 6 nitrogen and oxygen atoms in total. The van der Waals surface area contributed by atoms with Gasteiger partial charge in [-0.15, -0.1) is 0 Å². The van der Waals surface area contributed by atoms with Crippen LogP contribution < -0.4 is 10.0 Å². The maximum absolute atomic E-state index is 13.9. The van der Waals surface area contributed by atoms with Crippen LogP contribution in [0.4, 0.5) is 15.8 Å². The summed E-state index contributed by atoms with van der Waals surface area (Å²) >= 11 is 0. The highest BCUT2D eigenvalue weighted by molar-refractivity contribution is 7.92. The van der Waals surface area contributed by atoms with Gasteiger partial charge >= 0.3 is 0 Å². The van der Waals surface area contributed by atoms with E-state index >= 15 is 0 Å². The molecule has 0 radical (unpaired) electrons. The van der Waals surface area contributed by atoms with Crippen LogP contribution >= 0.6 is 0 Å². The fourth-order valence-electron chi connectivity index (χ4n) is 2.82. The third-order valence-electron chi connectivity index (χ3n) is 4.25. The van der Waals surface area contributed by atoms with Crippen molar-refractivity contribution < 1.29 is 22.4 Å². The minimum Gasteiger partial charge on any atom is -0.322 e. The predicted octanol–water partition coefficient (Wildman–Crippen LogP) is 3.99. The molecule has 30 heavy (non-hydrogen) atoms. The van der Waals surface area contributed by atoms with Crippen molar-refractivity contribution in [3.8, 4) is 0 Å². The van der Waals surface area contributed by atoms with Crippen LogP contribution in [-0.4, -0.2) is 26.4 Å². The molecule has 0 saturated carbocycles. The lowest BCUT2D eigenvalue weighted by Gasteiger charge is -2.12. The van der Waals surface area contributed by atoms with E-state index in [4.69, 9.17) is 0 Å². The van der Waals surface area contributed by atoms with Crippen molar-refractivity contribution in [2.24, 2.45) is 0 Å². The van der Waals surface area contributed by atoms with E-state index in [2.05, 4.69) is 10.0 Å². The number of hydrogen-bond donors (Lipinski definition) is 2. The molecule has 0 spiro atoms. The van der Waals surface area contributed by atoms with Gasteiger partial charge in [0.25, 0.3) is 5.91 Å². The number of hydrogen-bond acceptors (Lipinski definition) is 4. The SMILES string of the molecule is Cc1ccc(C(=O)c2ccccc2C(=O)Nc2ccc(F)c(NS(C)(=O)=O)c2)cc1. The summed E-state index contributed by atoms with van der Waals surface area (Å²) in [6.07, 6.45) is 0.893. The fourth-order valence-corrected chi connectivity index (χ4v) is 3.37. The van der Waals surface area contributed by atoms with Crippen LogP contribution in [0.15, 0.2) is 66.7 Å². The zero-order valence-corrected chi connectivity index (χ0v) is 17.1. The second-order valence-corrected chi connectivity index (χ2v) is 8.51. The molecule has 3 rings (SSSR count). The molecule has 0 aliphatic heterocycles. The van der Waals surface area contributed by atoms with Gasteiger partial charge in [-0.25, -0.2) is 12.8 Å². The normalized spacial score (nSPS) is 11.0. The van der Waals surface area contributed by atoms with Crippen LogP contribution in [0.25, 0.3) is 0 Å². The van der Waals surface area contributed by atoms with Gasteiger partial charge in [0.05, 0.1) is 17.5 Å². The van der Waals surface area contributed by atoms with E-state index in [1.165, 1.54) is 18.2 Å². The van der Waals surface area contributed by atoms with Crippen molar-refractivity contribution in [2.45, 2.75) is 6.92 Å². The number of ketones is 1. The third-order valence-corrected chi connectivity index (χ3v) is 4.84. The average molecular weight is 426 g/mol. The maximum atomic E-state index is 13.9. The first-order valence-electron chi connectivity index (χ1n) is 8.93. The minimum atomic E-state index is -3.70. The lowest BCUT2D eigenvalue weighted by molar-refractivity contribution is 0.0996. The molecule has 2 N–H and O–H groups in total. The van der Waals surface area contributed by atoms with E-state index in [-0.39, 0.29) is 28.3 Å². The van der Waals surface area contributed by atoms with E-state index < -0.39 is 21.7 Å². The zero-order chi connectivity index (χ0) is 21.9. The summed E-state index contributed by atoms with van der Waals surface area (Å²) in [7, 11) is -3.70. The number of carbonyl (C=O) groups is 2. The third kappa shape index (κ3) is 5.09. The molecule has 8 heteroatoms. The van der Waals surface area contributed by atoms with Gasteiger partial charge in [0.15, 0.2) is 5.78 Å². The first-order chi connectivity index (χ1) is 14.1. The highest BCUT2D eigenvalue weighted by Gasteiger charge is 2.19. The van der Waals surface area contributed by atoms with Gasteiger partial charge in [0, 0.05) is 16.8 Å². The summed E-state index contributed by atoms with van der Waals surface area (Å²) in [5.41, 5.74) is 1.69. The number of benzene rings is 3. The minimum absolute atomic E-state index is 0.144. The molecule has 0 aliphatic carbocycles. The molecule has 0 bridgehead atoms. The van der Waals surface area contributed by atoms with Crippen LogP contribution in [0, 0.1) is 12.7 Å². The van der Waals surface area contributed by atoms with Crippen LogP contribution in [0.1, 0.15) is 31.8 Å². The van der Waals surface area contributed by atoms with E-state index in [1.807, 2.05) is 19.1 Å². The molecule has 0 saturated heterocycles. The van der Waals surface area contributed by atoms with Crippen molar-refractivity contribution in [1.82, 2.24) is 0 Å². The average Bonchev–Trinajstić information content (AvgIpc) is 2.69. The molecule has 154 valence electrons. The molecule has 0 aromatic heterocycles. The lowest BCUT2D eigenvalue weighted by Crippen LogP contribution is -2.17. The van der Waals surface area contributed by atoms with Crippen molar-refractivity contribution in [3.63, 3.8) is 0 Å². The number of nitrogens with one attached hydrogen (secondary N) is 2. The molecule has 3 aromatic carbocycles. The Bertz CT molecular complexity index is 1220. The Morgan fingerprint density at radius 2 is 1.53 bits per heavy atom. The highest BCUT2D eigenvalue weighted by atomic mass is 32.2. The van der Waals surface area contributed by atoms with E-state index in [0.717, 1.165) is 17.9 Å². The first kappa shape index (κ1) is 21.2. The Labute approximate surface area is 173 Å². The van der Waals surface area contributed by atoms with Gasteiger partial charge in [-0.2, -0.15) is 0 Å². The molecular formula is C22H19FN2O4S. The lowest BCUT2D eigenvalue weighted by atomic mass is 9.97.